The molecule has 6 heteroatoms. The van der Waals surface area contributed by atoms with E-state index in [1.54, 1.807) is 0 Å². The van der Waals surface area contributed by atoms with Crippen molar-refractivity contribution in [2.45, 2.75) is 24.4 Å². The molecule has 2 rings (SSSR count). The van der Waals surface area contributed by atoms with Gasteiger partial charge in [0.25, 0.3) is 5.91 Å². The zero-order chi connectivity index (χ0) is 16.2. The van der Waals surface area contributed by atoms with Crippen molar-refractivity contribution in [1.29, 1.82) is 0 Å². The van der Waals surface area contributed by atoms with Crippen LogP contribution in [0.3, 0.4) is 0 Å². The van der Waals surface area contributed by atoms with Crippen LogP contribution in [0, 0.1) is 0 Å². The van der Waals surface area contributed by atoms with Crippen LogP contribution >= 0.6 is 11.9 Å². The maximum Gasteiger partial charge on any atom is 0.416 e. The summed E-state index contributed by atoms with van der Waals surface area (Å²) in [5.74, 6) is -0.560. The van der Waals surface area contributed by atoms with Gasteiger partial charge < -0.3 is 0 Å². The van der Waals surface area contributed by atoms with Crippen LogP contribution in [0.5, 0.6) is 0 Å². The van der Waals surface area contributed by atoms with Crippen LogP contribution in [0.15, 0.2) is 53.4 Å². The second-order valence-electron chi connectivity index (χ2n) is 4.61. The maximum absolute atomic E-state index is 12.6. The molecule has 0 aromatic heterocycles. The SMILES string of the molecule is CCc1ccc(SNC(=O)c2cccc(C(F)(F)F)c2)cc1. The Morgan fingerprint density at radius 3 is 2.41 bits per heavy atom. The molecule has 0 atom stereocenters. The van der Waals surface area contributed by atoms with Gasteiger partial charge in [0.15, 0.2) is 0 Å². The van der Waals surface area contributed by atoms with Crippen LogP contribution in [-0.2, 0) is 12.6 Å². The van der Waals surface area contributed by atoms with Gasteiger partial charge in [0.2, 0.25) is 0 Å². The number of aryl methyl sites for hydroxylation is 1. The lowest BCUT2D eigenvalue weighted by Gasteiger charge is -2.09. The summed E-state index contributed by atoms with van der Waals surface area (Å²) in [6.45, 7) is 2.04. The highest BCUT2D eigenvalue weighted by molar-refractivity contribution is 7.98. The highest BCUT2D eigenvalue weighted by atomic mass is 32.2. The molecule has 0 fully saturated rings. The fraction of sp³-hybridized carbons (Fsp3) is 0.188. The Kier molecular flexibility index (Phi) is 5.13. The van der Waals surface area contributed by atoms with Gasteiger partial charge in [0.1, 0.15) is 0 Å². The number of carbonyl (C=O) groups excluding carboxylic acids is 1. The lowest BCUT2D eigenvalue weighted by molar-refractivity contribution is -0.137. The van der Waals surface area contributed by atoms with E-state index < -0.39 is 17.6 Å². The maximum atomic E-state index is 12.6. The van der Waals surface area contributed by atoms with Crippen LogP contribution < -0.4 is 4.72 Å². The Morgan fingerprint density at radius 1 is 1.14 bits per heavy atom. The summed E-state index contributed by atoms with van der Waals surface area (Å²) in [7, 11) is 0. The smallest absolute Gasteiger partial charge is 0.292 e. The molecular formula is C16H14F3NOS. The molecule has 0 radical (unpaired) electrons. The van der Waals surface area contributed by atoms with E-state index in [9.17, 15) is 18.0 Å². The number of carbonyl (C=O) groups is 1. The molecule has 2 aromatic carbocycles. The Morgan fingerprint density at radius 2 is 1.82 bits per heavy atom. The fourth-order valence-corrected chi connectivity index (χ4v) is 2.39. The predicted molar refractivity (Wildman–Crippen MR) is 80.6 cm³/mol. The standard InChI is InChI=1S/C16H14F3NOS/c1-2-11-6-8-14(9-7-11)22-20-15(21)12-4-3-5-13(10-12)16(17,18)19/h3-10H,2H2,1H3,(H,20,21). The number of alkyl halides is 3. The Hall–Kier alpha value is -1.95. The van der Waals surface area contributed by atoms with Crippen molar-refractivity contribution in [3.8, 4) is 0 Å². The second-order valence-corrected chi connectivity index (χ2v) is 5.49. The minimum Gasteiger partial charge on any atom is -0.292 e. The quantitative estimate of drug-likeness (QED) is 0.825. The third-order valence-electron chi connectivity index (χ3n) is 3.05. The zero-order valence-electron chi connectivity index (χ0n) is 11.8. The molecule has 1 N–H and O–H groups in total. The summed E-state index contributed by atoms with van der Waals surface area (Å²) in [4.78, 5) is 12.7. The molecule has 2 aromatic rings. The molecule has 0 bridgehead atoms. The van der Waals surface area contributed by atoms with Gasteiger partial charge in [-0.3, -0.25) is 9.52 Å². The molecular weight excluding hydrogens is 311 g/mol. The van der Waals surface area contributed by atoms with Gasteiger partial charge >= 0.3 is 6.18 Å². The summed E-state index contributed by atoms with van der Waals surface area (Å²) >= 11 is 1.08. The molecule has 0 saturated heterocycles. The summed E-state index contributed by atoms with van der Waals surface area (Å²) in [6.07, 6.45) is -3.54. The molecule has 0 aliphatic heterocycles. The van der Waals surface area contributed by atoms with Crippen molar-refractivity contribution in [2.24, 2.45) is 0 Å². The van der Waals surface area contributed by atoms with Crippen LogP contribution in [-0.4, -0.2) is 5.91 Å². The number of rotatable bonds is 4. The van der Waals surface area contributed by atoms with Gasteiger partial charge in [-0.1, -0.05) is 25.1 Å². The predicted octanol–water partition coefficient (Wildman–Crippen LogP) is 4.70. The first-order chi connectivity index (χ1) is 10.4. The van der Waals surface area contributed by atoms with Crippen LogP contribution in [0.1, 0.15) is 28.4 Å². The van der Waals surface area contributed by atoms with Crippen LogP contribution in [0.25, 0.3) is 0 Å². The topological polar surface area (TPSA) is 29.1 Å². The van der Waals surface area contributed by atoms with E-state index in [0.717, 1.165) is 35.4 Å². The highest BCUT2D eigenvalue weighted by Crippen LogP contribution is 2.29. The minimum absolute atomic E-state index is 0.0208. The van der Waals surface area contributed by atoms with Gasteiger partial charge in [0, 0.05) is 10.5 Å². The molecule has 0 aliphatic rings. The molecule has 22 heavy (non-hydrogen) atoms. The third kappa shape index (κ3) is 4.27. The van der Waals surface area contributed by atoms with Crippen molar-refractivity contribution in [2.75, 3.05) is 0 Å². The van der Waals surface area contributed by atoms with Gasteiger partial charge in [-0.05, 0) is 54.3 Å². The Labute approximate surface area is 130 Å². The molecule has 116 valence electrons. The van der Waals surface area contributed by atoms with Crippen LogP contribution in [0.2, 0.25) is 0 Å². The number of nitrogens with one attached hydrogen (secondary N) is 1. The van der Waals surface area contributed by atoms with E-state index in [2.05, 4.69) is 4.72 Å². The normalized spacial score (nSPS) is 11.3. The average Bonchev–Trinajstić information content (AvgIpc) is 2.52. The monoisotopic (exact) mass is 325 g/mol. The van der Waals surface area contributed by atoms with E-state index in [1.807, 2.05) is 31.2 Å². The molecule has 0 heterocycles. The molecule has 0 saturated carbocycles. The summed E-state index contributed by atoms with van der Waals surface area (Å²) in [5.41, 5.74) is 0.318. The first-order valence-corrected chi connectivity index (χ1v) is 7.45. The lowest BCUT2D eigenvalue weighted by Crippen LogP contribution is -2.16. The largest absolute Gasteiger partial charge is 0.416 e. The second kappa shape index (κ2) is 6.87. The van der Waals surface area contributed by atoms with Gasteiger partial charge in [0.05, 0.1) is 5.56 Å². The first-order valence-electron chi connectivity index (χ1n) is 6.63. The average molecular weight is 325 g/mol. The third-order valence-corrected chi connectivity index (χ3v) is 3.84. The van der Waals surface area contributed by atoms with Crippen LogP contribution in [0.4, 0.5) is 13.2 Å². The number of amides is 1. The van der Waals surface area contributed by atoms with Crippen molar-refractivity contribution in [3.63, 3.8) is 0 Å². The first kappa shape index (κ1) is 16.4. The fourth-order valence-electron chi connectivity index (χ4n) is 1.79. The molecule has 0 spiro atoms. The van der Waals surface area contributed by atoms with Gasteiger partial charge in [-0.2, -0.15) is 13.2 Å². The summed E-state index contributed by atoms with van der Waals surface area (Å²) < 4.78 is 40.4. The summed E-state index contributed by atoms with van der Waals surface area (Å²) in [6, 6.07) is 12.0. The zero-order valence-corrected chi connectivity index (χ0v) is 12.6. The molecule has 2 nitrogen and oxygen atoms in total. The van der Waals surface area contributed by atoms with Crippen molar-refractivity contribution in [3.05, 3.63) is 65.2 Å². The number of hydrogen-bond acceptors (Lipinski definition) is 2. The Bertz CT molecular complexity index is 653. The number of hydrogen-bond donors (Lipinski definition) is 1. The lowest BCUT2D eigenvalue weighted by atomic mass is 10.1. The number of halogens is 3. The molecule has 1 amide bonds. The van der Waals surface area contributed by atoms with E-state index in [0.29, 0.717) is 0 Å². The highest BCUT2D eigenvalue weighted by Gasteiger charge is 2.30. The van der Waals surface area contributed by atoms with Crippen molar-refractivity contribution in [1.82, 2.24) is 4.72 Å². The van der Waals surface area contributed by atoms with E-state index in [1.165, 1.54) is 17.7 Å². The van der Waals surface area contributed by atoms with Crippen molar-refractivity contribution < 1.29 is 18.0 Å². The molecule has 0 aliphatic carbocycles. The summed E-state index contributed by atoms with van der Waals surface area (Å²) in [5, 5.41) is 0. The van der Waals surface area contributed by atoms with E-state index in [-0.39, 0.29) is 5.56 Å². The van der Waals surface area contributed by atoms with E-state index in [4.69, 9.17) is 0 Å². The van der Waals surface area contributed by atoms with Gasteiger partial charge in [-0.25, -0.2) is 0 Å². The van der Waals surface area contributed by atoms with E-state index >= 15 is 0 Å². The van der Waals surface area contributed by atoms with Gasteiger partial charge in [-0.15, -0.1) is 0 Å². The Balaban J connectivity index is 2.03. The molecule has 0 unspecified atom stereocenters. The minimum atomic E-state index is -4.46. The number of benzene rings is 2. The van der Waals surface area contributed by atoms with Crippen molar-refractivity contribution >= 4 is 17.9 Å².